The standard InChI is InChI=1S/C19H32N4O3/c1-3-11(2)16(21-18(20)26)17(25)23-22-15(24)10-19-7-12-4-13(8-19)6-14(5-12)9-19/h11-14,16H,3-10H2,1-2H3,(H,22,24)(H,23,25)(H3,20,21,26)/t11-,12?,13?,14?,16-,19?/m0/s1. The van der Waals surface area contributed by atoms with Crippen molar-refractivity contribution in [3.05, 3.63) is 0 Å². The molecule has 0 aliphatic heterocycles. The minimum atomic E-state index is -0.752. The number of hydrogen-bond donors (Lipinski definition) is 4. The van der Waals surface area contributed by atoms with Crippen molar-refractivity contribution in [1.29, 1.82) is 0 Å². The highest BCUT2D eigenvalue weighted by atomic mass is 16.2. The Hall–Kier alpha value is -1.79. The number of hydrogen-bond acceptors (Lipinski definition) is 3. The monoisotopic (exact) mass is 364 g/mol. The minimum absolute atomic E-state index is 0.0810. The molecule has 4 saturated carbocycles. The lowest BCUT2D eigenvalue weighted by Gasteiger charge is -2.56. The lowest BCUT2D eigenvalue weighted by Crippen LogP contribution is -2.56. The molecule has 2 atom stereocenters. The van der Waals surface area contributed by atoms with Crippen molar-refractivity contribution in [2.45, 2.75) is 71.3 Å². The first-order valence-corrected chi connectivity index (χ1v) is 9.95. The van der Waals surface area contributed by atoms with Crippen molar-refractivity contribution in [3.8, 4) is 0 Å². The third-order valence-corrected chi connectivity index (χ3v) is 6.82. The minimum Gasteiger partial charge on any atom is -0.352 e. The third kappa shape index (κ3) is 4.13. The van der Waals surface area contributed by atoms with E-state index in [2.05, 4.69) is 16.2 Å². The van der Waals surface area contributed by atoms with Crippen molar-refractivity contribution in [2.24, 2.45) is 34.8 Å². The molecule has 146 valence electrons. The molecule has 0 aromatic heterocycles. The Morgan fingerprint density at radius 3 is 2.04 bits per heavy atom. The summed E-state index contributed by atoms with van der Waals surface area (Å²) in [5, 5.41) is 2.46. The molecule has 26 heavy (non-hydrogen) atoms. The highest BCUT2D eigenvalue weighted by Gasteiger charge is 2.51. The molecule has 0 radical (unpaired) electrons. The average molecular weight is 364 g/mol. The molecule has 0 unspecified atom stereocenters. The number of nitrogens with two attached hydrogens (primary N) is 1. The maximum atomic E-state index is 12.5. The van der Waals surface area contributed by atoms with Crippen LogP contribution in [0.5, 0.6) is 0 Å². The molecule has 4 rings (SSSR count). The molecule has 0 spiro atoms. The van der Waals surface area contributed by atoms with Crippen molar-refractivity contribution in [2.75, 3.05) is 0 Å². The maximum absolute atomic E-state index is 12.5. The molecule has 0 aromatic carbocycles. The van der Waals surface area contributed by atoms with Crippen LogP contribution in [0.4, 0.5) is 4.79 Å². The average Bonchev–Trinajstić information content (AvgIpc) is 2.55. The predicted molar refractivity (Wildman–Crippen MR) is 97.5 cm³/mol. The van der Waals surface area contributed by atoms with Crippen LogP contribution in [0.25, 0.3) is 0 Å². The van der Waals surface area contributed by atoms with Gasteiger partial charge < -0.3 is 11.1 Å². The normalized spacial score (nSPS) is 34.0. The van der Waals surface area contributed by atoms with Gasteiger partial charge in [0.25, 0.3) is 5.91 Å². The van der Waals surface area contributed by atoms with E-state index in [1.165, 1.54) is 19.3 Å². The number of urea groups is 1. The van der Waals surface area contributed by atoms with E-state index in [0.717, 1.165) is 37.0 Å². The van der Waals surface area contributed by atoms with E-state index < -0.39 is 18.0 Å². The van der Waals surface area contributed by atoms with Crippen molar-refractivity contribution in [3.63, 3.8) is 0 Å². The van der Waals surface area contributed by atoms with Crippen LogP contribution < -0.4 is 21.9 Å². The van der Waals surface area contributed by atoms with Gasteiger partial charge in [-0.2, -0.15) is 0 Å². The van der Waals surface area contributed by atoms with E-state index in [1.807, 2.05) is 13.8 Å². The van der Waals surface area contributed by atoms with Gasteiger partial charge in [0.1, 0.15) is 6.04 Å². The van der Waals surface area contributed by atoms with Crippen LogP contribution in [0.2, 0.25) is 0 Å². The van der Waals surface area contributed by atoms with Crippen molar-refractivity contribution < 1.29 is 14.4 Å². The Morgan fingerprint density at radius 2 is 1.58 bits per heavy atom. The van der Waals surface area contributed by atoms with Crippen LogP contribution in [0.3, 0.4) is 0 Å². The first-order chi connectivity index (χ1) is 12.3. The summed E-state index contributed by atoms with van der Waals surface area (Å²) in [7, 11) is 0. The van der Waals surface area contributed by atoms with Crippen LogP contribution in [0, 0.1) is 29.1 Å². The second kappa shape index (κ2) is 7.45. The Labute approximate surface area is 155 Å². The van der Waals surface area contributed by atoms with Gasteiger partial charge in [0, 0.05) is 6.42 Å². The molecule has 4 fully saturated rings. The second-order valence-electron chi connectivity index (χ2n) is 9.00. The fourth-order valence-corrected chi connectivity index (χ4v) is 5.96. The highest BCUT2D eigenvalue weighted by Crippen LogP contribution is 2.61. The Balaban J connectivity index is 1.52. The maximum Gasteiger partial charge on any atom is 0.312 e. The lowest BCUT2D eigenvalue weighted by atomic mass is 9.49. The molecule has 4 bridgehead atoms. The van der Waals surface area contributed by atoms with E-state index in [-0.39, 0.29) is 17.2 Å². The van der Waals surface area contributed by atoms with Crippen molar-refractivity contribution in [1.82, 2.24) is 16.2 Å². The largest absolute Gasteiger partial charge is 0.352 e. The van der Waals surface area contributed by atoms with Crippen LogP contribution in [-0.2, 0) is 9.59 Å². The molecule has 7 nitrogen and oxygen atoms in total. The van der Waals surface area contributed by atoms with E-state index >= 15 is 0 Å². The molecular formula is C19H32N4O3. The van der Waals surface area contributed by atoms with Crippen LogP contribution in [0.1, 0.15) is 65.2 Å². The van der Waals surface area contributed by atoms with Gasteiger partial charge in [-0.1, -0.05) is 20.3 Å². The van der Waals surface area contributed by atoms with E-state index in [4.69, 9.17) is 5.73 Å². The first kappa shape index (κ1) is 19.0. The predicted octanol–water partition coefficient (Wildman–Crippen LogP) is 1.82. The molecule has 0 saturated heterocycles. The van der Waals surface area contributed by atoms with E-state index in [0.29, 0.717) is 12.8 Å². The van der Waals surface area contributed by atoms with Gasteiger partial charge in [0.15, 0.2) is 0 Å². The summed E-state index contributed by atoms with van der Waals surface area (Å²) in [6, 6.07) is -1.50. The van der Waals surface area contributed by atoms with Gasteiger partial charge in [0.2, 0.25) is 5.91 Å². The first-order valence-electron chi connectivity index (χ1n) is 9.95. The highest BCUT2D eigenvalue weighted by molar-refractivity contribution is 5.88. The van der Waals surface area contributed by atoms with E-state index in [1.54, 1.807) is 0 Å². The molecule has 4 amide bonds. The van der Waals surface area contributed by atoms with E-state index in [9.17, 15) is 14.4 Å². The van der Waals surface area contributed by atoms with Crippen LogP contribution >= 0.6 is 0 Å². The number of hydrazine groups is 1. The SMILES string of the molecule is CC[C@H](C)[C@H](NC(N)=O)C(=O)NNC(=O)CC12CC3CC(CC(C3)C1)C2. The van der Waals surface area contributed by atoms with Gasteiger partial charge in [-0.05, 0) is 67.6 Å². The zero-order valence-corrected chi connectivity index (χ0v) is 15.8. The van der Waals surface area contributed by atoms with Gasteiger partial charge >= 0.3 is 6.03 Å². The zero-order chi connectivity index (χ0) is 18.9. The molecule has 0 heterocycles. The molecule has 4 aliphatic rings. The number of amides is 4. The number of primary amides is 1. The third-order valence-electron chi connectivity index (χ3n) is 6.82. The summed E-state index contributed by atoms with van der Waals surface area (Å²) in [4.78, 5) is 36.0. The summed E-state index contributed by atoms with van der Waals surface area (Å²) in [5.41, 5.74) is 10.3. The zero-order valence-electron chi connectivity index (χ0n) is 15.8. The van der Waals surface area contributed by atoms with Gasteiger partial charge in [-0.25, -0.2) is 4.79 Å². The fraction of sp³-hybridized carbons (Fsp3) is 0.842. The number of carbonyl (C=O) groups is 3. The summed E-state index contributed by atoms with van der Waals surface area (Å²) in [5.74, 6) is 1.72. The summed E-state index contributed by atoms with van der Waals surface area (Å²) in [6.45, 7) is 3.79. The summed E-state index contributed by atoms with van der Waals surface area (Å²) in [6.07, 6.45) is 8.66. The molecule has 7 heteroatoms. The van der Waals surface area contributed by atoms with Crippen LogP contribution in [-0.4, -0.2) is 23.9 Å². The number of carbonyl (C=O) groups excluding carboxylic acids is 3. The summed E-state index contributed by atoms with van der Waals surface area (Å²) >= 11 is 0. The Kier molecular flexibility index (Phi) is 5.44. The Bertz CT molecular complexity index is 542. The van der Waals surface area contributed by atoms with Gasteiger partial charge in [-0.3, -0.25) is 20.4 Å². The summed E-state index contributed by atoms with van der Waals surface area (Å²) < 4.78 is 0. The number of nitrogens with one attached hydrogen (secondary N) is 3. The Morgan fingerprint density at radius 1 is 1.04 bits per heavy atom. The molecular weight excluding hydrogens is 332 g/mol. The smallest absolute Gasteiger partial charge is 0.312 e. The van der Waals surface area contributed by atoms with Gasteiger partial charge in [0.05, 0.1) is 0 Å². The topological polar surface area (TPSA) is 113 Å². The molecule has 4 aliphatic carbocycles. The van der Waals surface area contributed by atoms with Gasteiger partial charge in [-0.15, -0.1) is 0 Å². The molecule has 5 N–H and O–H groups in total. The number of rotatable bonds is 6. The lowest BCUT2D eigenvalue weighted by molar-refractivity contribution is -0.135. The second-order valence-corrected chi connectivity index (χ2v) is 9.00. The molecule has 0 aromatic rings. The van der Waals surface area contributed by atoms with Crippen molar-refractivity contribution >= 4 is 17.8 Å². The fourth-order valence-electron chi connectivity index (χ4n) is 5.96. The van der Waals surface area contributed by atoms with Crippen LogP contribution in [0.15, 0.2) is 0 Å². The quantitative estimate of drug-likeness (QED) is 0.539.